The zero-order chi connectivity index (χ0) is 15.3. The molecule has 1 aromatic carbocycles. The number of hydrogen-bond donors (Lipinski definition) is 2. The van der Waals surface area contributed by atoms with Crippen LogP contribution in [0.2, 0.25) is 0 Å². The summed E-state index contributed by atoms with van der Waals surface area (Å²) in [6.45, 7) is 3.05. The number of nitrogens with zero attached hydrogens (tertiary/aromatic N) is 1. The Bertz CT molecular complexity index is 577. The van der Waals surface area contributed by atoms with Gasteiger partial charge in [-0.25, -0.2) is 4.98 Å². The van der Waals surface area contributed by atoms with E-state index in [9.17, 15) is 5.11 Å². The summed E-state index contributed by atoms with van der Waals surface area (Å²) in [5.41, 5.74) is 1.79. The average molecular weight is 302 g/mol. The largest absolute Gasteiger partial charge is 0.444 e. The minimum atomic E-state index is -0.0652. The molecule has 2 aromatic rings. The Hall–Kier alpha value is -1.69. The van der Waals surface area contributed by atoms with Crippen molar-refractivity contribution in [3.8, 4) is 11.5 Å². The van der Waals surface area contributed by atoms with Gasteiger partial charge in [0.05, 0.1) is 12.3 Å². The van der Waals surface area contributed by atoms with Crippen LogP contribution in [-0.4, -0.2) is 36.5 Å². The van der Waals surface area contributed by atoms with Crippen LogP contribution in [0.25, 0.3) is 11.5 Å². The lowest BCUT2D eigenvalue weighted by molar-refractivity contribution is -0.0154. The average Bonchev–Trinajstić information content (AvgIpc) is 3.05. The molecule has 22 heavy (non-hydrogen) atoms. The van der Waals surface area contributed by atoms with Crippen LogP contribution in [0, 0.1) is 5.41 Å². The number of aliphatic hydroxyl groups excluding tert-OH is 1. The minimum absolute atomic E-state index is 0.0652. The minimum Gasteiger partial charge on any atom is -0.444 e. The predicted octanol–water partition coefficient (Wildman–Crippen LogP) is 2.22. The summed E-state index contributed by atoms with van der Waals surface area (Å²) in [6.07, 6.45) is 3.47. The number of hydrogen-bond acceptors (Lipinski definition) is 5. The maximum Gasteiger partial charge on any atom is 0.226 e. The van der Waals surface area contributed by atoms with E-state index in [2.05, 4.69) is 10.3 Å². The van der Waals surface area contributed by atoms with E-state index in [1.165, 1.54) is 0 Å². The summed E-state index contributed by atoms with van der Waals surface area (Å²) in [4.78, 5) is 4.50. The highest BCUT2D eigenvalue weighted by Gasteiger charge is 2.31. The normalized spacial score (nSPS) is 17.5. The van der Waals surface area contributed by atoms with Crippen LogP contribution in [0.3, 0.4) is 0 Å². The summed E-state index contributed by atoms with van der Waals surface area (Å²) in [5, 5.41) is 13.1. The van der Waals surface area contributed by atoms with E-state index in [0.29, 0.717) is 12.4 Å². The first-order valence-electron chi connectivity index (χ1n) is 7.70. The fraction of sp³-hybridized carbons (Fsp3) is 0.471. The predicted molar refractivity (Wildman–Crippen MR) is 83.2 cm³/mol. The Morgan fingerprint density at radius 1 is 1.18 bits per heavy atom. The lowest BCUT2D eigenvalue weighted by atomic mass is 9.81. The number of aliphatic hydroxyl groups is 1. The summed E-state index contributed by atoms with van der Waals surface area (Å²) in [7, 11) is 0. The number of oxazole rings is 1. The Morgan fingerprint density at radius 2 is 1.95 bits per heavy atom. The van der Waals surface area contributed by atoms with E-state index in [4.69, 9.17) is 9.15 Å². The van der Waals surface area contributed by atoms with Gasteiger partial charge in [-0.15, -0.1) is 0 Å². The molecule has 0 radical (unpaired) electrons. The van der Waals surface area contributed by atoms with Crippen LogP contribution >= 0.6 is 0 Å². The Kier molecular flexibility index (Phi) is 4.87. The molecule has 0 unspecified atom stereocenters. The monoisotopic (exact) mass is 302 g/mol. The highest BCUT2D eigenvalue weighted by molar-refractivity contribution is 5.52. The molecule has 0 atom stereocenters. The molecule has 0 aliphatic carbocycles. The van der Waals surface area contributed by atoms with E-state index in [1.807, 2.05) is 30.3 Å². The molecule has 1 saturated heterocycles. The summed E-state index contributed by atoms with van der Waals surface area (Å²) < 4.78 is 10.9. The second-order valence-corrected chi connectivity index (χ2v) is 5.88. The molecule has 0 bridgehead atoms. The molecule has 2 N–H and O–H groups in total. The van der Waals surface area contributed by atoms with Gasteiger partial charge in [0.2, 0.25) is 5.89 Å². The molecule has 0 spiro atoms. The standard InChI is InChI=1S/C17H22N2O3/c20-13-17(6-8-21-9-7-17)12-18-10-15-11-22-16(19-15)14-4-2-1-3-5-14/h1-5,11,18,20H,6-10,12-13H2. The van der Waals surface area contributed by atoms with Crippen molar-refractivity contribution in [2.24, 2.45) is 5.41 Å². The van der Waals surface area contributed by atoms with Gasteiger partial charge in [0.15, 0.2) is 0 Å². The fourth-order valence-corrected chi connectivity index (χ4v) is 2.75. The van der Waals surface area contributed by atoms with Crippen molar-refractivity contribution in [1.82, 2.24) is 10.3 Å². The smallest absolute Gasteiger partial charge is 0.226 e. The lowest BCUT2D eigenvalue weighted by Gasteiger charge is -2.35. The van der Waals surface area contributed by atoms with E-state index >= 15 is 0 Å². The van der Waals surface area contributed by atoms with E-state index in [1.54, 1.807) is 6.26 Å². The van der Waals surface area contributed by atoms with E-state index in [0.717, 1.165) is 43.9 Å². The van der Waals surface area contributed by atoms with Gasteiger partial charge < -0.3 is 19.6 Å². The molecular formula is C17H22N2O3. The maximum atomic E-state index is 9.66. The molecular weight excluding hydrogens is 280 g/mol. The number of ether oxygens (including phenoxy) is 1. The van der Waals surface area contributed by atoms with Crippen LogP contribution < -0.4 is 5.32 Å². The molecule has 2 heterocycles. The molecule has 1 fully saturated rings. The number of nitrogens with one attached hydrogen (secondary N) is 1. The van der Waals surface area contributed by atoms with Crippen molar-refractivity contribution >= 4 is 0 Å². The number of benzene rings is 1. The molecule has 1 aliphatic heterocycles. The first-order chi connectivity index (χ1) is 10.8. The first-order valence-corrected chi connectivity index (χ1v) is 7.70. The van der Waals surface area contributed by atoms with Crippen molar-refractivity contribution in [3.05, 3.63) is 42.3 Å². The Labute approximate surface area is 130 Å². The molecule has 3 rings (SSSR count). The molecule has 5 heteroatoms. The van der Waals surface area contributed by atoms with Crippen LogP contribution in [0.4, 0.5) is 0 Å². The molecule has 5 nitrogen and oxygen atoms in total. The van der Waals surface area contributed by atoms with Crippen LogP contribution in [-0.2, 0) is 11.3 Å². The van der Waals surface area contributed by atoms with Crippen LogP contribution in [0.1, 0.15) is 18.5 Å². The zero-order valence-electron chi connectivity index (χ0n) is 12.6. The van der Waals surface area contributed by atoms with Gasteiger partial charge in [-0.3, -0.25) is 0 Å². The second kappa shape index (κ2) is 7.05. The first kappa shape index (κ1) is 15.2. The lowest BCUT2D eigenvalue weighted by Crippen LogP contribution is -2.41. The highest BCUT2D eigenvalue weighted by Crippen LogP contribution is 2.29. The Morgan fingerprint density at radius 3 is 2.68 bits per heavy atom. The van der Waals surface area contributed by atoms with Crippen molar-refractivity contribution in [2.75, 3.05) is 26.4 Å². The molecule has 0 saturated carbocycles. The summed E-state index contributed by atoms with van der Waals surface area (Å²) >= 11 is 0. The third-order valence-electron chi connectivity index (χ3n) is 4.27. The third-order valence-corrected chi connectivity index (χ3v) is 4.27. The SMILES string of the molecule is OCC1(CNCc2coc(-c3ccccc3)n2)CCOCC1. The van der Waals surface area contributed by atoms with E-state index < -0.39 is 0 Å². The van der Waals surface area contributed by atoms with Crippen molar-refractivity contribution < 1.29 is 14.3 Å². The zero-order valence-corrected chi connectivity index (χ0v) is 12.6. The summed E-state index contributed by atoms with van der Waals surface area (Å²) in [5.74, 6) is 0.639. The molecule has 0 amide bonds. The quantitative estimate of drug-likeness (QED) is 0.856. The van der Waals surface area contributed by atoms with Gasteiger partial charge >= 0.3 is 0 Å². The van der Waals surface area contributed by atoms with Gasteiger partial charge in [0.25, 0.3) is 0 Å². The Balaban J connectivity index is 1.55. The topological polar surface area (TPSA) is 67.5 Å². The van der Waals surface area contributed by atoms with Gasteiger partial charge in [-0.2, -0.15) is 0 Å². The molecule has 1 aliphatic rings. The van der Waals surface area contributed by atoms with E-state index in [-0.39, 0.29) is 12.0 Å². The van der Waals surface area contributed by atoms with Crippen molar-refractivity contribution in [3.63, 3.8) is 0 Å². The van der Waals surface area contributed by atoms with Crippen molar-refractivity contribution in [2.45, 2.75) is 19.4 Å². The van der Waals surface area contributed by atoms with Gasteiger partial charge in [0, 0.05) is 37.3 Å². The second-order valence-electron chi connectivity index (χ2n) is 5.88. The molecule has 118 valence electrons. The van der Waals surface area contributed by atoms with Gasteiger partial charge in [0.1, 0.15) is 6.26 Å². The fourth-order valence-electron chi connectivity index (χ4n) is 2.75. The number of aromatic nitrogens is 1. The maximum absolute atomic E-state index is 9.66. The molecule has 1 aromatic heterocycles. The van der Waals surface area contributed by atoms with Crippen molar-refractivity contribution in [1.29, 1.82) is 0 Å². The van der Waals surface area contributed by atoms with Crippen LogP contribution in [0.5, 0.6) is 0 Å². The highest BCUT2D eigenvalue weighted by atomic mass is 16.5. The third kappa shape index (κ3) is 3.55. The summed E-state index contributed by atoms with van der Waals surface area (Å²) in [6, 6.07) is 9.86. The number of rotatable bonds is 6. The van der Waals surface area contributed by atoms with Gasteiger partial charge in [-0.1, -0.05) is 18.2 Å². The van der Waals surface area contributed by atoms with Gasteiger partial charge in [-0.05, 0) is 25.0 Å². The van der Waals surface area contributed by atoms with Crippen LogP contribution in [0.15, 0.2) is 41.0 Å².